The van der Waals surface area contributed by atoms with Crippen LogP contribution in [0.5, 0.6) is 0 Å². The zero-order valence-electron chi connectivity index (χ0n) is 22.1. The number of carboxylic acid groups (broad SMARTS) is 2. The van der Waals surface area contributed by atoms with Gasteiger partial charge in [-0.05, 0) is 25.7 Å². The predicted octanol–water partition coefficient (Wildman–Crippen LogP) is 0.229. The second-order valence-corrected chi connectivity index (χ2v) is 8.23. The first kappa shape index (κ1) is 35.9. The highest BCUT2D eigenvalue weighted by molar-refractivity contribution is 5.85. The Morgan fingerprint density at radius 2 is 1.03 bits per heavy atom. The fraction of sp³-hybridized carbons (Fsp3) is 0.739. The van der Waals surface area contributed by atoms with Crippen LogP contribution in [-0.4, -0.2) is 83.5 Å². The van der Waals surface area contributed by atoms with Crippen molar-refractivity contribution >= 4 is 35.8 Å². The van der Waals surface area contributed by atoms with E-state index >= 15 is 0 Å². The highest BCUT2D eigenvalue weighted by atomic mass is 16.6. The van der Waals surface area contributed by atoms with Gasteiger partial charge in [-0.2, -0.15) is 0 Å². The Kier molecular flexibility index (Phi) is 18.4. The number of carboxylic acids is 2. The number of hydrogen-bond donors (Lipinski definition) is 4. The molecule has 0 aromatic carbocycles. The third-order valence-corrected chi connectivity index (χ3v) is 4.90. The molecule has 0 aromatic heterocycles. The smallest absolute Gasteiger partial charge is 0.345 e. The lowest BCUT2D eigenvalue weighted by molar-refractivity contribution is -0.169. The first-order valence-corrected chi connectivity index (χ1v) is 11.8. The molecule has 0 heterocycles. The van der Waals surface area contributed by atoms with Crippen LogP contribution in [0.4, 0.5) is 0 Å². The van der Waals surface area contributed by atoms with E-state index in [2.05, 4.69) is 14.2 Å². The van der Waals surface area contributed by atoms with Crippen LogP contribution in [0.1, 0.15) is 60.8 Å². The van der Waals surface area contributed by atoms with Crippen LogP contribution in [0.15, 0.2) is 0 Å². The molecular weight excluding hydrogens is 496 g/mol. The summed E-state index contributed by atoms with van der Waals surface area (Å²) in [5.74, 6) is -6.28. The van der Waals surface area contributed by atoms with Crippen LogP contribution in [-0.2, 0) is 47.7 Å². The molecule has 214 valence electrons. The Morgan fingerprint density at radius 3 is 1.30 bits per heavy atom. The average Bonchev–Trinajstić information content (AvgIpc) is 2.81. The van der Waals surface area contributed by atoms with Crippen molar-refractivity contribution in [1.29, 1.82) is 0 Å². The molecular formula is C23H40N2O12. The van der Waals surface area contributed by atoms with E-state index in [9.17, 15) is 28.8 Å². The zero-order chi connectivity index (χ0) is 29.3. The van der Waals surface area contributed by atoms with Crippen molar-refractivity contribution in [3.05, 3.63) is 0 Å². The van der Waals surface area contributed by atoms with Gasteiger partial charge in [-0.1, -0.05) is 34.1 Å². The third-order valence-electron chi connectivity index (χ3n) is 4.90. The molecule has 0 amide bonds. The summed E-state index contributed by atoms with van der Waals surface area (Å²) in [6, 6.07) is -1.83. The van der Waals surface area contributed by atoms with E-state index in [-0.39, 0.29) is 25.0 Å². The maximum absolute atomic E-state index is 11.6. The molecule has 0 radical (unpaired) electrons. The van der Waals surface area contributed by atoms with Gasteiger partial charge in [0.15, 0.2) is 0 Å². The van der Waals surface area contributed by atoms with E-state index in [1.807, 2.05) is 6.92 Å². The van der Waals surface area contributed by atoms with Gasteiger partial charge in [-0.25, -0.2) is 9.59 Å². The SMILES string of the molecule is CCOC(=O)CC(OC(=O)C(N)C(C)C)C(=O)O.CCOC(=O)CC(OC(=O)C(N)C(C)CC)C(=O)O. The van der Waals surface area contributed by atoms with Crippen molar-refractivity contribution in [2.45, 2.75) is 85.1 Å². The van der Waals surface area contributed by atoms with Crippen molar-refractivity contribution in [3.8, 4) is 0 Å². The number of hydrogen-bond acceptors (Lipinski definition) is 12. The van der Waals surface area contributed by atoms with E-state index in [1.165, 1.54) is 0 Å². The number of ether oxygens (including phenoxy) is 4. The Hall–Kier alpha value is -3.26. The molecule has 0 aromatic rings. The molecule has 5 atom stereocenters. The lowest BCUT2D eigenvalue weighted by Crippen LogP contribution is -2.42. The maximum Gasteiger partial charge on any atom is 0.345 e. The molecule has 37 heavy (non-hydrogen) atoms. The lowest BCUT2D eigenvalue weighted by atomic mass is 10.0. The Balaban J connectivity index is 0. The zero-order valence-corrected chi connectivity index (χ0v) is 22.1. The van der Waals surface area contributed by atoms with Gasteiger partial charge < -0.3 is 40.6 Å². The topological polar surface area (TPSA) is 232 Å². The molecule has 5 unspecified atom stereocenters. The summed E-state index contributed by atoms with van der Waals surface area (Å²) in [4.78, 5) is 67.2. The monoisotopic (exact) mass is 536 g/mol. The fourth-order valence-electron chi connectivity index (χ4n) is 2.30. The van der Waals surface area contributed by atoms with Crippen molar-refractivity contribution in [2.24, 2.45) is 23.3 Å². The molecule has 0 rings (SSSR count). The molecule has 0 saturated carbocycles. The molecule has 6 N–H and O–H groups in total. The standard InChI is InChI=1S/C12H21NO6.C11H19NO6/c1-4-7(3)10(13)12(17)19-8(11(15)16)6-9(14)18-5-2;1-4-17-8(13)5-7(10(14)15)18-11(16)9(12)6(2)3/h7-8,10H,4-6,13H2,1-3H3,(H,15,16);6-7,9H,4-5,12H2,1-3H3,(H,14,15). The molecule has 0 saturated heterocycles. The van der Waals surface area contributed by atoms with Crippen LogP contribution < -0.4 is 11.5 Å². The second-order valence-electron chi connectivity index (χ2n) is 8.23. The summed E-state index contributed by atoms with van der Waals surface area (Å²) in [7, 11) is 0. The Morgan fingerprint density at radius 1 is 0.676 bits per heavy atom. The van der Waals surface area contributed by atoms with Gasteiger partial charge >= 0.3 is 35.8 Å². The molecule has 0 bridgehead atoms. The molecule has 0 aliphatic carbocycles. The van der Waals surface area contributed by atoms with Gasteiger partial charge in [-0.15, -0.1) is 0 Å². The fourth-order valence-corrected chi connectivity index (χ4v) is 2.30. The van der Waals surface area contributed by atoms with Gasteiger partial charge in [0.05, 0.1) is 26.1 Å². The molecule has 14 heteroatoms. The minimum Gasteiger partial charge on any atom is -0.478 e. The largest absolute Gasteiger partial charge is 0.478 e. The minimum absolute atomic E-state index is 0.130. The quantitative estimate of drug-likeness (QED) is 0.162. The van der Waals surface area contributed by atoms with Crippen LogP contribution in [0.3, 0.4) is 0 Å². The highest BCUT2D eigenvalue weighted by Gasteiger charge is 2.31. The van der Waals surface area contributed by atoms with Gasteiger partial charge in [0.25, 0.3) is 0 Å². The van der Waals surface area contributed by atoms with Gasteiger partial charge in [0.1, 0.15) is 12.1 Å². The summed E-state index contributed by atoms with van der Waals surface area (Å²) >= 11 is 0. The summed E-state index contributed by atoms with van der Waals surface area (Å²) in [6.07, 6.45) is -3.53. The van der Waals surface area contributed by atoms with Crippen LogP contribution >= 0.6 is 0 Å². The number of rotatable bonds is 15. The van der Waals surface area contributed by atoms with E-state index < -0.39 is 72.9 Å². The summed E-state index contributed by atoms with van der Waals surface area (Å²) in [6.45, 7) is 10.5. The summed E-state index contributed by atoms with van der Waals surface area (Å²) in [5, 5.41) is 17.7. The second kappa shape index (κ2) is 18.9. The van der Waals surface area contributed by atoms with Gasteiger partial charge in [-0.3, -0.25) is 19.2 Å². The molecule has 0 aliphatic heterocycles. The van der Waals surface area contributed by atoms with E-state index in [0.29, 0.717) is 6.42 Å². The van der Waals surface area contributed by atoms with Crippen LogP contribution in [0, 0.1) is 11.8 Å². The Labute approximate surface area is 215 Å². The number of esters is 4. The first-order chi connectivity index (χ1) is 17.1. The average molecular weight is 537 g/mol. The van der Waals surface area contributed by atoms with Crippen LogP contribution in [0.2, 0.25) is 0 Å². The molecule has 0 aliphatic rings. The number of nitrogens with two attached hydrogens (primary N) is 2. The van der Waals surface area contributed by atoms with E-state index in [4.69, 9.17) is 26.4 Å². The van der Waals surface area contributed by atoms with Crippen molar-refractivity contribution in [3.63, 3.8) is 0 Å². The van der Waals surface area contributed by atoms with Gasteiger partial charge in [0, 0.05) is 0 Å². The van der Waals surface area contributed by atoms with Crippen molar-refractivity contribution in [1.82, 2.24) is 0 Å². The van der Waals surface area contributed by atoms with Crippen LogP contribution in [0.25, 0.3) is 0 Å². The molecule has 14 nitrogen and oxygen atoms in total. The van der Waals surface area contributed by atoms with Crippen molar-refractivity contribution < 1.29 is 57.9 Å². The third kappa shape index (κ3) is 15.5. The van der Waals surface area contributed by atoms with Gasteiger partial charge in [0.2, 0.25) is 12.2 Å². The molecule has 0 fully saturated rings. The first-order valence-electron chi connectivity index (χ1n) is 11.8. The summed E-state index contributed by atoms with van der Waals surface area (Å²) in [5.41, 5.74) is 11.1. The number of carbonyl (C=O) groups is 6. The lowest BCUT2D eigenvalue weighted by Gasteiger charge is -2.19. The normalized spacial score (nSPS) is 14.5. The summed E-state index contributed by atoms with van der Waals surface area (Å²) < 4.78 is 18.6. The number of aliphatic carboxylic acids is 2. The predicted molar refractivity (Wildman–Crippen MR) is 128 cm³/mol. The number of carbonyl (C=O) groups excluding carboxylic acids is 4. The maximum atomic E-state index is 11.6. The van der Waals surface area contributed by atoms with Crippen molar-refractivity contribution in [2.75, 3.05) is 13.2 Å². The Bertz CT molecular complexity index is 771. The van der Waals surface area contributed by atoms with E-state index in [1.54, 1.807) is 34.6 Å². The molecule has 0 spiro atoms. The minimum atomic E-state index is -1.57. The highest BCUT2D eigenvalue weighted by Crippen LogP contribution is 2.10. The van der Waals surface area contributed by atoms with E-state index in [0.717, 1.165) is 0 Å².